The lowest BCUT2D eigenvalue weighted by Gasteiger charge is -2.19. The molecule has 0 spiro atoms. The van der Waals surface area contributed by atoms with Gasteiger partial charge in [0.2, 0.25) is 0 Å². The number of halogens is 1. The third kappa shape index (κ3) is 5.20. The number of aliphatic hydroxyl groups is 1. The molecule has 3 aromatic rings. The van der Waals surface area contributed by atoms with Gasteiger partial charge in [-0.05, 0) is 35.4 Å². The largest absolute Gasteiger partial charge is 0.497 e. The molecule has 2 unspecified atom stereocenters. The smallest absolute Gasteiger partial charge is 0.183 e. The van der Waals surface area contributed by atoms with Crippen molar-refractivity contribution in [2.75, 3.05) is 14.2 Å². The Balaban J connectivity index is 1.82. The molecule has 2 atom stereocenters. The van der Waals surface area contributed by atoms with Gasteiger partial charge in [0, 0.05) is 6.07 Å². The van der Waals surface area contributed by atoms with Crippen LogP contribution >= 0.6 is 15.9 Å². The zero-order valence-electron chi connectivity index (χ0n) is 16.7. The Morgan fingerprint density at radius 2 is 1.57 bits per heavy atom. The molecule has 0 radical (unpaired) electrons. The molecule has 6 heteroatoms. The maximum absolute atomic E-state index is 13.2. The number of carbonyl (C=O) groups excluding carboxylic acids is 1. The first-order valence-corrected chi connectivity index (χ1v) is 10.3. The van der Waals surface area contributed by atoms with Gasteiger partial charge in [-0.25, -0.2) is 0 Å². The topological polar surface area (TPSA) is 65.0 Å². The molecule has 156 valence electrons. The van der Waals surface area contributed by atoms with Crippen LogP contribution in [0.5, 0.6) is 17.2 Å². The van der Waals surface area contributed by atoms with E-state index >= 15 is 0 Å². The number of methoxy groups -OCH3 is 2. The van der Waals surface area contributed by atoms with Crippen LogP contribution in [0.3, 0.4) is 0 Å². The maximum Gasteiger partial charge on any atom is 0.183 e. The standard InChI is InChI=1S/C24H23BrO5/c1-28-18-10-8-17(9-11-18)23(26)22(25)24(27)20-13-12-19(29-2)14-21(20)30-15-16-6-4-3-5-7-16/h3-14,22-23,26H,15H2,1-2H3. The molecule has 0 saturated heterocycles. The lowest BCUT2D eigenvalue weighted by Crippen LogP contribution is -2.23. The number of rotatable bonds is 9. The number of hydrogen-bond donors (Lipinski definition) is 1. The number of hydrogen-bond acceptors (Lipinski definition) is 5. The Morgan fingerprint density at radius 3 is 2.20 bits per heavy atom. The first-order valence-electron chi connectivity index (χ1n) is 9.38. The third-order valence-corrected chi connectivity index (χ3v) is 5.59. The van der Waals surface area contributed by atoms with E-state index in [1.807, 2.05) is 30.3 Å². The number of ketones is 1. The predicted octanol–water partition coefficient (Wildman–Crippen LogP) is 4.96. The molecule has 3 aromatic carbocycles. The lowest BCUT2D eigenvalue weighted by atomic mass is 9.99. The van der Waals surface area contributed by atoms with E-state index in [1.165, 1.54) is 0 Å². The van der Waals surface area contributed by atoms with Crippen molar-refractivity contribution in [3.05, 3.63) is 89.5 Å². The molecule has 0 heterocycles. The van der Waals surface area contributed by atoms with Crippen molar-refractivity contribution in [3.63, 3.8) is 0 Å². The molecule has 0 aliphatic carbocycles. The Labute approximate surface area is 184 Å². The van der Waals surface area contributed by atoms with Crippen LogP contribution in [0.1, 0.15) is 27.6 Å². The van der Waals surface area contributed by atoms with Gasteiger partial charge in [-0.1, -0.05) is 58.4 Å². The first-order chi connectivity index (χ1) is 14.5. The number of Topliss-reactive ketones (excluding diaryl/α,β-unsaturated/α-hetero) is 1. The lowest BCUT2D eigenvalue weighted by molar-refractivity contribution is 0.0898. The maximum atomic E-state index is 13.2. The molecule has 5 nitrogen and oxygen atoms in total. The van der Waals surface area contributed by atoms with Crippen LogP contribution in [0.4, 0.5) is 0 Å². The van der Waals surface area contributed by atoms with E-state index < -0.39 is 10.9 Å². The normalized spacial score (nSPS) is 12.7. The summed E-state index contributed by atoms with van der Waals surface area (Å²) in [6.07, 6.45) is -1.03. The van der Waals surface area contributed by atoms with Crippen molar-refractivity contribution in [1.82, 2.24) is 0 Å². The van der Waals surface area contributed by atoms with Crippen molar-refractivity contribution >= 4 is 21.7 Å². The summed E-state index contributed by atoms with van der Waals surface area (Å²) in [5.41, 5.74) is 1.94. The summed E-state index contributed by atoms with van der Waals surface area (Å²) in [6.45, 7) is 0.308. The van der Waals surface area contributed by atoms with E-state index in [0.717, 1.165) is 5.56 Å². The van der Waals surface area contributed by atoms with Crippen LogP contribution in [0.2, 0.25) is 0 Å². The molecule has 1 N–H and O–H groups in total. The summed E-state index contributed by atoms with van der Waals surface area (Å²) in [6, 6.07) is 21.6. The molecule has 0 amide bonds. The van der Waals surface area contributed by atoms with Gasteiger partial charge in [-0.15, -0.1) is 0 Å². The fraction of sp³-hybridized carbons (Fsp3) is 0.208. The zero-order valence-corrected chi connectivity index (χ0v) is 18.3. The van der Waals surface area contributed by atoms with Crippen LogP contribution in [0.25, 0.3) is 0 Å². The average Bonchev–Trinajstić information content (AvgIpc) is 2.81. The minimum Gasteiger partial charge on any atom is -0.497 e. The van der Waals surface area contributed by atoms with Gasteiger partial charge in [-0.3, -0.25) is 4.79 Å². The molecule has 0 aliphatic heterocycles. The van der Waals surface area contributed by atoms with Crippen LogP contribution in [0.15, 0.2) is 72.8 Å². The summed E-state index contributed by atoms with van der Waals surface area (Å²) in [5.74, 6) is 1.37. The Hall–Kier alpha value is -2.83. The molecule has 0 fully saturated rings. The highest BCUT2D eigenvalue weighted by molar-refractivity contribution is 9.10. The van der Waals surface area contributed by atoms with E-state index in [0.29, 0.717) is 35.0 Å². The quantitative estimate of drug-likeness (QED) is 0.353. The monoisotopic (exact) mass is 470 g/mol. The number of carbonyl (C=O) groups is 1. The first kappa shape index (κ1) is 21.9. The van der Waals surface area contributed by atoms with Crippen molar-refractivity contribution in [3.8, 4) is 17.2 Å². The minimum absolute atomic E-state index is 0.288. The van der Waals surface area contributed by atoms with Crippen molar-refractivity contribution in [1.29, 1.82) is 0 Å². The van der Waals surface area contributed by atoms with Crippen molar-refractivity contribution in [2.45, 2.75) is 17.5 Å². The highest BCUT2D eigenvalue weighted by Crippen LogP contribution is 2.32. The molecule has 0 saturated carbocycles. The highest BCUT2D eigenvalue weighted by atomic mass is 79.9. The fourth-order valence-corrected chi connectivity index (χ4v) is 3.50. The molecular formula is C24H23BrO5. The predicted molar refractivity (Wildman–Crippen MR) is 119 cm³/mol. The number of benzene rings is 3. The second-order valence-electron chi connectivity index (χ2n) is 6.62. The Kier molecular flexibility index (Phi) is 7.49. The Bertz CT molecular complexity index is 973. The van der Waals surface area contributed by atoms with Crippen molar-refractivity contribution < 1.29 is 24.1 Å². The van der Waals surface area contributed by atoms with Crippen LogP contribution in [-0.4, -0.2) is 29.9 Å². The SMILES string of the molecule is COc1ccc(C(O)C(Br)C(=O)c2ccc(OC)cc2OCc2ccccc2)cc1. The van der Waals surface area contributed by atoms with Gasteiger partial charge < -0.3 is 19.3 Å². The van der Waals surface area contributed by atoms with E-state index in [4.69, 9.17) is 14.2 Å². The van der Waals surface area contributed by atoms with E-state index in [-0.39, 0.29) is 5.78 Å². The summed E-state index contributed by atoms with van der Waals surface area (Å²) < 4.78 is 16.3. The Morgan fingerprint density at radius 1 is 0.933 bits per heavy atom. The number of alkyl halides is 1. The fourth-order valence-electron chi connectivity index (χ4n) is 2.95. The van der Waals surface area contributed by atoms with Crippen LogP contribution < -0.4 is 14.2 Å². The molecular weight excluding hydrogens is 448 g/mol. The molecule has 3 rings (SSSR count). The van der Waals surface area contributed by atoms with E-state index in [1.54, 1.807) is 56.7 Å². The summed E-state index contributed by atoms with van der Waals surface area (Å²) in [5, 5.41) is 10.7. The van der Waals surface area contributed by atoms with E-state index in [2.05, 4.69) is 15.9 Å². The molecule has 30 heavy (non-hydrogen) atoms. The van der Waals surface area contributed by atoms with Gasteiger partial charge >= 0.3 is 0 Å². The molecule has 0 bridgehead atoms. The minimum atomic E-state index is -1.03. The molecule has 0 aromatic heterocycles. The summed E-state index contributed by atoms with van der Waals surface area (Å²) >= 11 is 3.37. The van der Waals surface area contributed by atoms with Gasteiger partial charge in [0.15, 0.2) is 5.78 Å². The van der Waals surface area contributed by atoms with Crippen LogP contribution in [-0.2, 0) is 6.61 Å². The van der Waals surface area contributed by atoms with Crippen LogP contribution in [0, 0.1) is 0 Å². The van der Waals surface area contributed by atoms with Crippen molar-refractivity contribution in [2.24, 2.45) is 0 Å². The number of aliphatic hydroxyl groups excluding tert-OH is 1. The van der Waals surface area contributed by atoms with Gasteiger partial charge in [0.1, 0.15) is 28.7 Å². The molecule has 0 aliphatic rings. The second kappa shape index (κ2) is 10.3. The zero-order chi connectivity index (χ0) is 21.5. The van der Waals surface area contributed by atoms with E-state index in [9.17, 15) is 9.90 Å². The van der Waals surface area contributed by atoms with Gasteiger partial charge in [-0.2, -0.15) is 0 Å². The summed E-state index contributed by atoms with van der Waals surface area (Å²) in [4.78, 5) is 12.3. The van der Waals surface area contributed by atoms with Gasteiger partial charge in [0.25, 0.3) is 0 Å². The summed E-state index contributed by atoms with van der Waals surface area (Å²) in [7, 11) is 3.13. The highest BCUT2D eigenvalue weighted by Gasteiger charge is 2.28. The third-order valence-electron chi connectivity index (χ3n) is 4.68. The van der Waals surface area contributed by atoms with Gasteiger partial charge in [0.05, 0.1) is 25.9 Å². The number of ether oxygens (including phenoxy) is 3. The second-order valence-corrected chi connectivity index (χ2v) is 7.61. The average molecular weight is 471 g/mol.